The standard InChI is InChI=1S/C5H12N2O2S/c1-10(8,9)4-2-5(4,7)3-6/h4H,2-3,6-7H2,1H3/t4-,5+/m0/s1. The summed E-state index contributed by atoms with van der Waals surface area (Å²) in [6, 6.07) is 0. The van der Waals surface area contributed by atoms with E-state index in [9.17, 15) is 8.42 Å². The normalized spacial score (nSPS) is 39.7. The molecule has 4 N–H and O–H groups in total. The van der Waals surface area contributed by atoms with E-state index in [1.54, 1.807) is 0 Å². The van der Waals surface area contributed by atoms with Gasteiger partial charge in [0, 0.05) is 18.3 Å². The lowest BCUT2D eigenvalue weighted by Crippen LogP contribution is -2.37. The van der Waals surface area contributed by atoms with E-state index in [1.165, 1.54) is 6.26 Å². The minimum absolute atomic E-state index is 0.255. The first-order valence-corrected chi connectivity index (χ1v) is 5.03. The second kappa shape index (κ2) is 1.93. The van der Waals surface area contributed by atoms with Crippen LogP contribution in [-0.4, -0.2) is 32.0 Å². The lowest BCUT2D eigenvalue weighted by atomic mass is 10.3. The molecule has 1 saturated carbocycles. The highest BCUT2D eigenvalue weighted by molar-refractivity contribution is 7.91. The second-order valence-electron chi connectivity index (χ2n) is 2.96. The summed E-state index contributed by atoms with van der Waals surface area (Å²) < 4.78 is 21.7. The van der Waals surface area contributed by atoms with Gasteiger partial charge in [0.05, 0.1) is 5.25 Å². The van der Waals surface area contributed by atoms with E-state index >= 15 is 0 Å². The molecule has 1 fully saturated rings. The Morgan fingerprint density at radius 3 is 2.30 bits per heavy atom. The van der Waals surface area contributed by atoms with E-state index in [0.717, 1.165) is 0 Å². The minimum Gasteiger partial charge on any atom is -0.329 e. The van der Waals surface area contributed by atoms with E-state index in [-0.39, 0.29) is 6.54 Å². The third-order valence-electron chi connectivity index (χ3n) is 1.94. The van der Waals surface area contributed by atoms with Crippen LogP contribution in [0, 0.1) is 0 Å². The van der Waals surface area contributed by atoms with E-state index in [2.05, 4.69) is 0 Å². The molecule has 4 nitrogen and oxygen atoms in total. The van der Waals surface area contributed by atoms with Crippen molar-refractivity contribution in [3.05, 3.63) is 0 Å². The third-order valence-corrected chi connectivity index (χ3v) is 3.61. The van der Waals surface area contributed by atoms with E-state index in [1.807, 2.05) is 0 Å². The van der Waals surface area contributed by atoms with Crippen molar-refractivity contribution in [2.24, 2.45) is 11.5 Å². The molecule has 0 saturated heterocycles. The zero-order chi connectivity index (χ0) is 7.99. The molecule has 0 heterocycles. The van der Waals surface area contributed by atoms with Crippen molar-refractivity contribution in [1.29, 1.82) is 0 Å². The van der Waals surface area contributed by atoms with Gasteiger partial charge < -0.3 is 11.5 Å². The van der Waals surface area contributed by atoms with Crippen molar-refractivity contribution in [3.8, 4) is 0 Å². The van der Waals surface area contributed by atoms with Crippen molar-refractivity contribution in [3.63, 3.8) is 0 Å². The number of nitrogens with two attached hydrogens (primary N) is 2. The van der Waals surface area contributed by atoms with Crippen LogP contribution in [0.2, 0.25) is 0 Å². The Labute approximate surface area is 60.5 Å². The van der Waals surface area contributed by atoms with Gasteiger partial charge in [-0.3, -0.25) is 0 Å². The summed E-state index contributed by atoms with van der Waals surface area (Å²) in [5.41, 5.74) is 10.2. The second-order valence-corrected chi connectivity index (χ2v) is 5.19. The van der Waals surface area contributed by atoms with Gasteiger partial charge in [-0.2, -0.15) is 0 Å². The van der Waals surface area contributed by atoms with Crippen LogP contribution >= 0.6 is 0 Å². The molecule has 0 aromatic rings. The molecule has 0 aromatic carbocycles. The van der Waals surface area contributed by atoms with Gasteiger partial charge in [-0.15, -0.1) is 0 Å². The zero-order valence-corrected chi connectivity index (χ0v) is 6.69. The van der Waals surface area contributed by atoms with Crippen molar-refractivity contribution >= 4 is 9.84 Å². The lowest BCUT2D eigenvalue weighted by molar-refractivity contribution is 0.592. The van der Waals surface area contributed by atoms with Crippen LogP contribution in [0.3, 0.4) is 0 Å². The van der Waals surface area contributed by atoms with E-state index < -0.39 is 20.6 Å². The largest absolute Gasteiger partial charge is 0.329 e. The topological polar surface area (TPSA) is 86.2 Å². The van der Waals surface area contributed by atoms with Crippen LogP contribution in [0.4, 0.5) is 0 Å². The first-order valence-electron chi connectivity index (χ1n) is 3.08. The van der Waals surface area contributed by atoms with Gasteiger partial charge in [0.25, 0.3) is 0 Å². The van der Waals surface area contributed by atoms with Gasteiger partial charge in [0.1, 0.15) is 0 Å². The van der Waals surface area contributed by atoms with Crippen LogP contribution in [0.25, 0.3) is 0 Å². The lowest BCUT2D eigenvalue weighted by Gasteiger charge is -2.04. The molecule has 10 heavy (non-hydrogen) atoms. The predicted molar refractivity (Wildman–Crippen MR) is 39.2 cm³/mol. The summed E-state index contributed by atoms with van der Waals surface area (Å²) >= 11 is 0. The molecular weight excluding hydrogens is 152 g/mol. The maximum atomic E-state index is 10.8. The SMILES string of the molecule is CS(=O)(=O)[C@H]1C[C@@]1(N)CN. The molecule has 0 aromatic heterocycles. The predicted octanol–water partition coefficient (Wildman–Crippen LogP) is -1.54. The molecule has 5 heteroatoms. The Morgan fingerprint density at radius 2 is 2.20 bits per heavy atom. The Bertz CT molecular complexity index is 236. The highest BCUT2D eigenvalue weighted by Gasteiger charge is 2.56. The van der Waals surface area contributed by atoms with Crippen molar-refractivity contribution < 1.29 is 8.42 Å². The van der Waals surface area contributed by atoms with Crippen molar-refractivity contribution in [2.75, 3.05) is 12.8 Å². The van der Waals surface area contributed by atoms with Gasteiger partial charge in [-0.25, -0.2) is 8.42 Å². The van der Waals surface area contributed by atoms with Gasteiger partial charge in [0.2, 0.25) is 0 Å². The zero-order valence-electron chi connectivity index (χ0n) is 5.87. The summed E-state index contributed by atoms with van der Waals surface area (Å²) in [6.45, 7) is 0.255. The highest BCUT2D eigenvalue weighted by atomic mass is 32.2. The van der Waals surface area contributed by atoms with Crippen molar-refractivity contribution in [1.82, 2.24) is 0 Å². The van der Waals surface area contributed by atoms with Crippen LogP contribution < -0.4 is 11.5 Å². The molecule has 1 aliphatic carbocycles. The Kier molecular flexibility index (Phi) is 1.54. The summed E-state index contributed by atoms with van der Waals surface area (Å²) in [7, 11) is -2.95. The van der Waals surface area contributed by atoms with Gasteiger partial charge in [0.15, 0.2) is 9.84 Å². The third kappa shape index (κ3) is 1.16. The van der Waals surface area contributed by atoms with Crippen LogP contribution in [-0.2, 0) is 9.84 Å². The van der Waals surface area contributed by atoms with Crippen LogP contribution in [0.5, 0.6) is 0 Å². The van der Waals surface area contributed by atoms with E-state index in [0.29, 0.717) is 6.42 Å². The Balaban J connectivity index is 2.71. The maximum absolute atomic E-state index is 10.8. The molecule has 0 radical (unpaired) electrons. The molecule has 2 atom stereocenters. The fraction of sp³-hybridized carbons (Fsp3) is 1.00. The van der Waals surface area contributed by atoms with Gasteiger partial charge >= 0.3 is 0 Å². The Morgan fingerprint density at radius 1 is 1.70 bits per heavy atom. The van der Waals surface area contributed by atoms with E-state index in [4.69, 9.17) is 11.5 Å². The molecule has 60 valence electrons. The first kappa shape index (κ1) is 7.97. The van der Waals surface area contributed by atoms with Gasteiger partial charge in [-0.05, 0) is 6.42 Å². The monoisotopic (exact) mass is 164 g/mol. The summed E-state index contributed by atoms with van der Waals surface area (Å²) in [5, 5.41) is -0.398. The molecule has 0 unspecified atom stereocenters. The molecule has 0 amide bonds. The summed E-state index contributed by atoms with van der Waals surface area (Å²) in [6.07, 6.45) is 1.71. The molecule has 1 aliphatic rings. The Hall–Kier alpha value is -0.130. The molecule has 0 bridgehead atoms. The summed E-state index contributed by atoms with van der Waals surface area (Å²) in [5.74, 6) is 0. The molecule has 1 rings (SSSR count). The molecular formula is C5H12N2O2S. The fourth-order valence-electron chi connectivity index (χ4n) is 1.08. The first-order chi connectivity index (χ1) is 4.40. The number of hydrogen-bond acceptors (Lipinski definition) is 4. The number of rotatable bonds is 2. The average molecular weight is 164 g/mol. The number of sulfone groups is 1. The fourth-order valence-corrected chi connectivity index (χ4v) is 2.64. The highest BCUT2D eigenvalue weighted by Crippen LogP contribution is 2.37. The maximum Gasteiger partial charge on any atom is 0.152 e. The molecule has 0 aliphatic heterocycles. The van der Waals surface area contributed by atoms with Crippen LogP contribution in [0.1, 0.15) is 6.42 Å². The van der Waals surface area contributed by atoms with Gasteiger partial charge in [-0.1, -0.05) is 0 Å². The van der Waals surface area contributed by atoms with Crippen LogP contribution in [0.15, 0.2) is 0 Å². The quantitative estimate of drug-likeness (QED) is 0.518. The smallest absolute Gasteiger partial charge is 0.152 e. The minimum atomic E-state index is -2.95. The summed E-state index contributed by atoms with van der Waals surface area (Å²) in [4.78, 5) is 0. The average Bonchev–Trinajstić information content (AvgIpc) is 2.43. The molecule has 0 spiro atoms. The number of hydrogen-bond donors (Lipinski definition) is 2. The van der Waals surface area contributed by atoms with Crippen molar-refractivity contribution in [2.45, 2.75) is 17.2 Å².